The number of hydrogen-bond acceptors (Lipinski definition) is 4. The first kappa shape index (κ1) is 17.9. The summed E-state index contributed by atoms with van der Waals surface area (Å²) >= 11 is 0. The molecule has 0 aromatic carbocycles. The van der Waals surface area contributed by atoms with Crippen molar-refractivity contribution in [2.45, 2.75) is 20.8 Å². The molecule has 0 spiro atoms. The van der Waals surface area contributed by atoms with Gasteiger partial charge in [-0.15, -0.1) is 0 Å². The van der Waals surface area contributed by atoms with E-state index in [0.717, 1.165) is 6.26 Å². The molecule has 122 valence electrons. The van der Waals surface area contributed by atoms with Crippen molar-refractivity contribution in [2.75, 3.05) is 45.5 Å². The van der Waals surface area contributed by atoms with Crippen molar-refractivity contribution < 1.29 is 18.0 Å². The number of amides is 2. The number of hydrogen-bond donors (Lipinski definition) is 0. The zero-order chi connectivity index (χ0) is 16.2. The highest BCUT2D eigenvalue weighted by Crippen LogP contribution is 2.08. The number of carbonyl (C=O) groups is 2. The van der Waals surface area contributed by atoms with Gasteiger partial charge in [-0.25, -0.2) is 8.42 Å². The summed E-state index contributed by atoms with van der Waals surface area (Å²) in [5.74, 6) is -0.0500. The lowest BCUT2D eigenvalue weighted by Gasteiger charge is -2.35. The smallest absolute Gasteiger partial charge is 0.238 e. The van der Waals surface area contributed by atoms with Crippen LogP contribution in [0.4, 0.5) is 0 Å². The van der Waals surface area contributed by atoms with E-state index in [1.54, 1.807) is 9.80 Å². The van der Waals surface area contributed by atoms with Crippen LogP contribution in [0.2, 0.25) is 0 Å². The fraction of sp³-hybridized carbons (Fsp3) is 0.846. The van der Waals surface area contributed by atoms with Crippen molar-refractivity contribution in [3.63, 3.8) is 0 Å². The highest BCUT2D eigenvalue weighted by atomic mass is 32.2. The predicted octanol–water partition coefficient (Wildman–Crippen LogP) is -0.405. The van der Waals surface area contributed by atoms with Gasteiger partial charge >= 0.3 is 0 Å². The van der Waals surface area contributed by atoms with E-state index in [1.807, 2.05) is 13.8 Å². The number of rotatable bonds is 5. The van der Waals surface area contributed by atoms with Gasteiger partial charge in [-0.2, -0.15) is 4.31 Å². The summed E-state index contributed by atoms with van der Waals surface area (Å²) in [6.45, 7) is 7.45. The number of piperazine rings is 1. The van der Waals surface area contributed by atoms with Crippen LogP contribution in [0.1, 0.15) is 20.8 Å². The van der Waals surface area contributed by atoms with Crippen molar-refractivity contribution in [1.82, 2.24) is 14.1 Å². The summed E-state index contributed by atoms with van der Waals surface area (Å²) in [4.78, 5) is 26.8. The molecule has 1 rings (SSSR count). The van der Waals surface area contributed by atoms with Gasteiger partial charge in [0.05, 0.1) is 12.8 Å². The van der Waals surface area contributed by atoms with Crippen LogP contribution in [0, 0.1) is 5.92 Å². The largest absolute Gasteiger partial charge is 0.339 e. The first-order valence-electron chi connectivity index (χ1n) is 7.09. The van der Waals surface area contributed by atoms with Gasteiger partial charge in [0.2, 0.25) is 21.8 Å². The molecule has 0 radical (unpaired) electrons. The molecule has 2 amide bonds. The van der Waals surface area contributed by atoms with Crippen molar-refractivity contribution >= 4 is 21.8 Å². The third-order valence-electron chi connectivity index (χ3n) is 3.43. The second kappa shape index (κ2) is 7.22. The monoisotopic (exact) mass is 319 g/mol. The van der Waals surface area contributed by atoms with E-state index >= 15 is 0 Å². The average Bonchev–Trinajstić information content (AvgIpc) is 2.36. The Morgan fingerprint density at radius 1 is 1.10 bits per heavy atom. The second-order valence-electron chi connectivity index (χ2n) is 5.84. The first-order chi connectivity index (χ1) is 9.61. The molecule has 0 aliphatic carbocycles. The van der Waals surface area contributed by atoms with Crippen molar-refractivity contribution in [3.8, 4) is 0 Å². The fourth-order valence-electron chi connectivity index (χ4n) is 2.25. The molecule has 0 saturated carbocycles. The van der Waals surface area contributed by atoms with E-state index in [9.17, 15) is 18.0 Å². The Balaban J connectivity index is 2.61. The van der Waals surface area contributed by atoms with Crippen LogP contribution in [0.3, 0.4) is 0 Å². The third kappa shape index (κ3) is 5.62. The molecule has 7 nitrogen and oxygen atoms in total. The van der Waals surface area contributed by atoms with Gasteiger partial charge in [0, 0.05) is 39.6 Å². The summed E-state index contributed by atoms with van der Waals surface area (Å²) in [6, 6.07) is 0. The lowest BCUT2D eigenvalue weighted by molar-refractivity contribution is -0.138. The molecular formula is C13H25N3O4S. The molecule has 0 aromatic heterocycles. The van der Waals surface area contributed by atoms with Gasteiger partial charge in [0.15, 0.2) is 0 Å². The maximum Gasteiger partial charge on any atom is 0.238 e. The van der Waals surface area contributed by atoms with E-state index in [-0.39, 0.29) is 24.3 Å². The third-order valence-corrected chi connectivity index (χ3v) is 4.64. The van der Waals surface area contributed by atoms with Crippen LogP contribution < -0.4 is 0 Å². The van der Waals surface area contributed by atoms with Gasteiger partial charge in [-0.05, 0) is 5.92 Å². The van der Waals surface area contributed by atoms with Crippen molar-refractivity contribution in [1.29, 1.82) is 0 Å². The maximum absolute atomic E-state index is 12.2. The minimum absolute atomic E-state index is 0.000306. The average molecular weight is 319 g/mol. The first-order valence-corrected chi connectivity index (χ1v) is 8.94. The molecule has 1 aliphatic rings. The van der Waals surface area contributed by atoms with Crippen LogP contribution in [0.15, 0.2) is 0 Å². The molecule has 1 aliphatic heterocycles. The lowest BCUT2D eigenvalue weighted by Crippen LogP contribution is -2.52. The van der Waals surface area contributed by atoms with Gasteiger partial charge < -0.3 is 9.80 Å². The summed E-state index contributed by atoms with van der Waals surface area (Å²) < 4.78 is 24.7. The van der Waals surface area contributed by atoms with Crippen LogP contribution in [0.25, 0.3) is 0 Å². The molecule has 0 atom stereocenters. The standard InChI is InChI=1S/C13H25N3O4S/c1-11(2)9-16(21(4,19)20)10-13(18)15-7-5-14(6-8-15)12(3)17/h11H,5-10H2,1-4H3. The molecule has 0 bridgehead atoms. The van der Waals surface area contributed by atoms with Gasteiger partial charge in [0.1, 0.15) is 0 Å². The summed E-state index contributed by atoms with van der Waals surface area (Å²) in [5.41, 5.74) is 0. The lowest BCUT2D eigenvalue weighted by atomic mass is 10.2. The van der Waals surface area contributed by atoms with Gasteiger partial charge in [-0.1, -0.05) is 13.8 Å². The van der Waals surface area contributed by atoms with E-state index < -0.39 is 10.0 Å². The molecule has 1 fully saturated rings. The molecule has 8 heteroatoms. The minimum atomic E-state index is -3.40. The Bertz CT molecular complexity index is 482. The Morgan fingerprint density at radius 2 is 1.57 bits per heavy atom. The Hall–Kier alpha value is -1.15. The summed E-state index contributed by atoms with van der Waals surface area (Å²) in [6.07, 6.45) is 1.12. The van der Waals surface area contributed by atoms with E-state index in [2.05, 4.69) is 0 Å². The van der Waals surface area contributed by atoms with Gasteiger partial charge in [0.25, 0.3) is 0 Å². The van der Waals surface area contributed by atoms with E-state index in [1.165, 1.54) is 11.2 Å². The molecule has 0 N–H and O–H groups in total. The second-order valence-corrected chi connectivity index (χ2v) is 7.82. The van der Waals surface area contributed by atoms with Crippen molar-refractivity contribution in [2.24, 2.45) is 5.92 Å². The van der Waals surface area contributed by atoms with Crippen LogP contribution in [-0.2, 0) is 19.6 Å². The van der Waals surface area contributed by atoms with E-state index in [4.69, 9.17) is 0 Å². The van der Waals surface area contributed by atoms with Crippen molar-refractivity contribution in [3.05, 3.63) is 0 Å². The van der Waals surface area contributed by atoms with Crippen LogP contribution in [-0.4, -0.2) is 79.9 Å². The van der Waals surface area contributed by atoms with Crippen LogP contribution in [0.5, 0.6) is 0 Å². The molecule has 0 aromatic rings. The quantitative estimate of drug-likeness (QED) is 0.690. The maximum atomic E-state index is 12.2. The summed E-state index contributed by atoms with van der Waals surface area (Å²) in [5, 5.41) is 0. The molecular weight excluding hydrogens is 294 g/mol. The van der Waals surface area contributed by atoms with Crippen LogP contribution >= 0.6 is 0 Å². The zero-order valence-corrected chi connectivity index (χ0v) is 14.0. The highest BCUT2D eigenvalue weighted by molar-refractivity contribution is 7.88. The number of sulfonamides is 1. The van der Waals surface area contributed by atoms with Gasteiger partial charge in [-0.3, -0.25) is 9.59 Å². The molecule has 1 heterocycles. The predicted molar refractivity (Wildman–Crippen MR) is 80.1 cm³/mol. The highest BCUT2D eigenvalue weighted by Gasteiger charge is 2.27. The summed E-state index contributed by atoms with van der Waals surface area (Å²) in [7, 11) is -3.40. The fourth-order valence-corrected chi connectivity index (χ4v) is 3.16. The zero-order valence-electron chi connectivity index (χ0n) is 13.2. The number of nitrogens with zero attached hydrogens (tertiary/aromatic N) is 3. The van der Waals surface area contributed by atoms with E-state index in [0.29, 0.717) is 32.7 Å². The Morgan fingerprint density at radius 3 is 1.95 bits per heavy atom. The minimum Gasteiger partial charge on any atom is -0.339 e. The number of carbonyl (C=O) groups excluding carboxylic acids is 2. The topological polar surface area (TPSA) is 78.0 Å². The molecule has 0 unspecified atom stereocenters. The SMILES string of the molecule is CC(=O)N1CCN(C(=O)CN(CC(C)C)S(C)(=O)=O)CC1. The normalized spacial score (nSPS) is 16.7. The Kier molecular flexibility index (Phi) is 6.15. The Labute approximate surface area is 126 Å². The molecule has 21 heavy (non-hydrogen) atoms. The molecule has 1 saturated heterocycles.